The minimum absolute atomic E-state index is 0. The van der Waals surface area contributed by atoms with E-state index in [-0.39, 0.29) is 24.8 Å². The molecule has 2 atom stereocenters. The summed E-state index contributed by atoms with van der Waals surface area (Å²) in [6.45, 7) is 2.22. The van der Waals surface area contributed by atoms with Crippen molar-refractivity contribution in [3.05, 3.63) is 29.7 Å². The Bertz CT molecular complexity index is 867. The van der Waals surface area contributed by atoms with Gasteiger partial charge in [0.1, 0.15) is 5.52 Å². The van der Waals surface area contributed by atoms with Crippen LogP contribution in [0.5, 0.6) is 0 Å². The Morgan fingerprint density at radius 1 is 1.07 bits per heavy atom. The number of oxazole rings is 1. The summed E-state index contributed by atoms with van der Waals surface area (Å²) in [6, 6.07) is 7.68. The molecule has 2 bridgehead atoms. The van der Waals surface area contributed by atoms with Crippen molar-refractivity contribution < 1.29 is 9.21 Å². The molecule has 2 unspecified atom stereocenters. The first kappa shape index (κ1) is 23.3. The quantitative estimate of drug-likeness (QED) is 0.758. The Morgan fingerprint density at radius 3 is 2.37 bits per heavy atom. The molecule has 4 heterocycles. The van der Waals surface area contributed by atoms with Gasteiger partial charge in [-0.05, 0) is 70.8 Å². The highest BCUT2D eigenvalue weighted by Crippen LogP contribution is 2.37. The van der Waals surface area contributed by atoms with Crippen LogP contribution in [0.4, 0.5) is 0 Å². The van der Waals surface area contributed by atoms with Gasteiger partial charge < -0.3 is 20.0 Å². The van der Waals surface area contributed by atoms with Crippen molar-refractivity contribution in [2.75, 3.05) is 20.1 Å². The number of hydrogen-bond donors (Lipinski definition) is 1. The molecule has 1 amide bonds. The predicted octanol–water partition coefficient (Wildman–Crippen LogP) is 3.97. The molecule has 3 fully saturated rings. The molecule has 3 aliphatic heterocycles. The number of para-hydroxylation sites is 1. The van der Waals surface area contributed by atoms with Crippen LogP contribution in [0, 0.1) is 0 Å². The van der Waals surface area contributed by atoms with Crippen molar-refractivity contribution in [3.63, 3.8) is 0 Å². The average Bonchev–Trinajstić information content (AvgIpc) is 3.12. The van der Waals surface area contributed by atoms with E-state index in [0.29, 0.717) is 22.6 Å². The van der Waals surface area contributed by atoms with Crippen LogP contribution in [0.3, 0.4) is 0 Å². The predicted molar refractivity (Wildman–Crippen MR) is 123 cm³/mol. The summed E-state index contributed by atoms with van der Waals surface area (Å²) in [4.78, 5) is 21.7. The number of hydrogen-bond acceptors (Lipinski definition) is 5. The minimum Gasteiger partial charge on any atom is -0.440 e. The van der Waals surface area contributed by atoms with Crippen molar-refractivity contribution in [2.45, 2.75) is 69.0 Å². The molecule has 0 saturated carbocycles. The van der Waals surface area contributed by atoms with Crippen molar-refractivity contribution >= 4 is 41.8 Å². The lowest BCUT2D eigenvalue weighted by Gasteiger charge is -2.50. The van der Waals surface area contributed by atoms with Gasteiger partial charge in [-0.2, -0.15) is 0 Å². The minimum atomic E-state index is -0.451. The number of likely N-dealkylation sites (tertiary alicyclic amines) is 1. The lowest BCUT2D eigenvalue weighted by molar-refractivity contribution is 0.00107. The third-order valence-corrected chi connectivity index (χ3v) is 7.41. The fourth-order valence-corrected chi connectivity index (χ4v) is 5.74. The molecule has 2 aromatic rings. The number of nitrogens with zero attached hydrogens (tertiary/aromatic N) is 3. The zero-order chi connectivity index (χ0) is 19.3. The topological polar surface area (TPSA) is 75.6 Å². The van der Waals surface area contributed by atoms with E-state index in [4.69, 9.17) is 10.2 Å². The Balaban J connectivity index is 0.00000128. The molecular weight excluding hydrogens is 423 g/mol. The van der Waals surface area contributed by atoms with Crippen LogP contribution in [-0.2, 0) is 0 Å². The number of piperidine rings is 3. The molecule has 0 spiro atoms. The second-order valence-electron chi connectivity index (χ2n) is 8.91. The highest BCUT2D eigenvalue weighted by Gasteiger charge is 2.39. The van der Waals surface area contributed by atoms with Crippen LogP contribution < -0.4 is 5.73 Å². The van der Waals surface area contributed by atoms with E-state index in [9.17, 15) is 4.79 Å². The van der Waals surface area contributed by atoms with Gasteiger partial charge in [-0.25, -0.2) is 4.98 Å². The van der Waals surface area contributed by atoms with Gasteiger partial charge in [0, 0.05) is 24.0 Å². The number of fused-ring (bicyclic) bond motifs is 3. The van der Waals surface area contributed by atoms with Gasteiger partial charge in [0.25, 0.3) is 5.91 Å². The molecule has 5 rings (SSSR count). The van der Waals surface area contributed by atoms with Crippen molar-refractivity contribution in [1.29, 1.82) is 0 Å². The number of nitrogens with two attached hydrogens (primary N) is 1. The monoisotopic (exact) mass is 454 g/mol. The Hall–Kier alpha value is -1.34. The maximum atomic E-state index is 11.7. The SMILES string of the molecule is CN1C2CCCC1CC(N1CCC(c3nc4c(C(N)=O)cccc4o3)CC1)C2.Cl.Cl. The third kappa shape index (κ3) is 4.20. The Morgan fingerprint density at radius 2 is 1.73 bits per heavy atom. The number of benzene rings is 1. The average molecular weight is 455 g/mol. The molecule has 6 nitrogen and oxygen atoms in total. The summed E-state index contributed by atoms with van der Waals surface area (Å²) in [6.07, 6.45) is 8.92. The van der Waals surface area contributed by atoms with Gasteiger partial charge in [-0.3, -0.25) is 4.79 Å². The molecular formula is C22H32Cl2N4O2. The van der Waals surface area contributed by atoms with Crippen LogP contribution >= 0.6 is 24.8 Å². The van der Waals surface area contributed by atoms with E-state index in [1.807, 2.05) is 6.07 Å². The van der Waals surface area contributed by atoms with Gasteiger partial charge in [0.05, 0.1) is 5.56 Å². The summed E-state index contributed by atoms with van der Waals surface area (Å²) in [5.41, 5.74) is 7.20. The number of carbonyl (C=O) groups excluding carboxylic acids is 1. The smallest absolute Gasteiger partial charge is 0.251 e. The van der Waals surface area contributed by atoms with Crippen LogP contribution in [0.25, 0.3) is 11.1 Å². The summed E-state index contributed by atoms with van der Waals surface area (Å²) in [5, 5.41) is 0. The van der Waals surface area contributed by atoms with Gasteiger partial charge >= 0.3 is 0 Å². The van der Waals surface area contributed by atoms with Crippen LogP contribution in [0.15, 0.2) is 22.6 Å². The number of aromatic nitrogens is 1. The Labute approximate surface area is 190 Å². The van der Waals surface area contributed by atoms with Crippen molar-refractivity contribution in [3.8, 4) is 0 Å². The summed E-state index contributed by atoms with van der Waals surface area (Å²) >= 11 is 0. The molecule has 1 aromatic heterocycles. The largest absolute Gasteiger partial charge is 0.440 e. The molecule has 1 aromatic carbocycles. The first-order chi connectivity index (χ1) is 13.6. The summed E-state index contributed by atoms with van der Waals surface area (Å²) in [5.74, 6) is 0.645. The first-order valence-corrected chi connectivity index (χ1v) is 10.8. The second-order valence-corrected chi connectivity index (χ2v) is 8.91. The van der Waals surface area contributed by atoms with E-state index >= 15 is 0 Å². The van der Waals surface area contributed by atoms with E-state index in [0.717, 1.165) is 49.9 Å². The number of rotatable bonds is 3. The van der Waals surface area contributed by atoms with E-state index in [1.165, 1.54) is 32.1 Å². The highest BCUT2D eigenvalue weighted by molar-refractivity contribution is 6.03. The lowest BCUT2D eigenvalue weighted by atomic mass is 9.81. The molecule has 166 valence electrons. The van der Waals surface area contributed by atoms with Gasteiger partial charge in [0.2, 0.25) is 0 Å². The third-order valence-electron chi connectivity index (χ3n) is 7.41. The highest BCUT2D eigenvalue weighted by atomic mass is 35.5. The molecule has 3 saturated heterocycles. The molecule has 3 aliphatic rings. The normalized spacial score (nSPS) is 28.0. The Kier molecular flexibility index (Phi) is 7.33. The van der Waals surface area contributed by atoms with Gasteiger partial charge in [-0.15, -0.1) is 24.8 Å². The molecule has 30 heavy (non-hydrogen) atoms. The van der Waals surface area contributed by atoms with Crippen LogP contribution in [0.1, 0.15) is 67.1 Å². The first-order valence-electron chi connectivity index (χ1n) is 10.8. The van der Waals surface area contributed by atoms with Crippen LogP contribution in [0.2, 0.25) is 0 Å². The number of carbonyl (C=O) groups is 1. The number of halogens is 2. The maximum Gasteiger partial charge on any atom is 0.251 e. The summed E-state index contributed by atoms with van der Waals surface area (Å²) in [7, 11) is 2.32. The summed E-state index contributed by atoms with van der Waals surface area (Å²) < 4.78 is 6.01. The number of primary amides is 1. The second kappa shape index (κ2) is 9.43. The number of amides is 1. The van der Waals surface area contributed by atoms with Gasteiger partial charge in [0.15, 0.2) is 11.5 Å². The fraction of sp³-hybridized carbons (Fsp3) is 0.636. The standard InChI is InChI=1S/C22H30N4O2.2ClH/c1-25-15-4-2-5-16(25)13-17(12-15)26-10-8-14(9-11-26)22-24-20-18(21(23)27)6-3-7-19(20)28-22;;/h3,6-7,14-17H,2,4-5,8-13H2,1H3,(H2,23,27);2*1H. The molecule has 0 aliphatic carbocycles. The van der Waals surface area contributed by atoms with E-state index < -0.39 is 5.91 Å². The van der Waals surface area contributed by atoms with Crippen molar-refractivity contribution in [2.24, 2.45) is 5.73 Å². The van der Waals surface area contributed by atoms with E-state index in [2.05, 4.69) is 21.8 Å². The lowest BCUT2D eigenvalue weighted by Crippen LogP contribution is -2.56. The molecule has 0 radical (unpaired) electrons. The molecule has 8 heteroatoms. The fourth-order valence-electron chi connectivity index (χ4n) is 5.74. The zero-order valence-corrected chi connectivity index (χ0v) is 19.1. The zero-order valence-electron chi connectivity index (χ0n) is 17.5. The van der Waals surface area contributed by atoms with E-state index in [1.54, 1.807) is 12.1 Å². The van der Waals surface area contributed by atoms with Crippen LogP contribution in [-0.4, -0.2) is 59.0 Å². The van der Waals surface area contributed by atoms with Gasteiger partial charge in [-0.1, -0.05) is 12.5 Å². The molecule has 2 N–H and O–H groups in total. The van der Waals surface area contributed by atoms with Crippen molar-refractivity contribution in [1.82, 2.24) is 14.8 Å². The maximum absolute atomic E-state index is 11.7.